The van der Waals surface area contributed by atoms with Crippen molar-refractivity contribution in [3.63, 3.8) is 0 Å². The molecule has 0 saturated carbocycles. The van der Waals surface area contributed by atoms with Crippen molar-refractivity contribution < 1.29 is 4.39 Å². The Balaban J connectivity index is 1.51. The molecule has 0 bridgehead atoms. The van der Waals surface area contributed by atoms with E-state index in [2.05, 4.69) is 34.5 Å². The van der Waals surface area contributed by atoms with E-state index in [1.807, 2.05) is 23.0 Å². The first-order valence-corrected chi connectivity index (χ1v) is 13.0. The Hall–Kier alpha value is -2.75. The molecule has 0 radical (unpaired) electrons. The topological polar surface area (TPSA) is 49.6 Å². The van der Waals surface area contributed by atoms with Crippen LogP contribution in [0, 0.1) is 5.82 Å². The van der Waals surface area contributed by atoms with Gasteiger partial charge in [-0.2, -0.15) is 9.61 Å². The molecule has 1 aliphatic heterocycles. The minimum atomic E-state index is -0.249. The number of hydrogen-bond donors (Lipinski definition) is 0. The predicted molar refractivity (Wildman–Crippen MR) is 136 cm³/mol. The van der Waals surface area contributed by atoms with Gasteiger partial charge < -0.3 is 4.90 Å². The molecule has 0 spiro atoms. The number of aryl methyl sites for hydroxylation is 1. The number of benzene rings is 1. The lowest BCUT2D eigenvalue weighted by atomic mass is 10.1. The zero-order chi connectivity index (χ0) is 22.9. The molecule has 0 aliphatic carbocycles. The van der Waals surface area contributed by atoms with Crippen LogP contribution < -0.4 is 4.90 Å². The highest BCUT2D eigenvalue weighted by atomic mass is 32.2. The molecular formula is C24H25FN6S2. The summed E-state index contributed by atoms with van der Waals surface area (Å²) in [6.45, 7) is 4.06. The number of rotatable bonds is 6. The molecule has 0 fully saturated rings. The highest BCUT2D eigenvalue weighted by Gasteiger charge is 2.21. The lowest BCUT2D eigenvalue weighted by molar-refractivity contribution is 0.517. The van der Waals surface area contributed by atoms with Gasteiger partial charge in [-0.25, -0.2) is 18.7 Å². The van der Waals surface area contributed by atoms with Gasteiger partial charge in [-0.15, -0.1) is 11.3 Å². The van der Waals surface area contributed by atoms with Crippen LogP contribution >= 0.6 is 23.3 Å². The number of thiazole rings is 1. The van der Waals surface area contributed by atoms with Crippen molar-refractivity contribution in [3.8, 4) is 11.3 Å². The maximum absolute atomic E-state index is 13.3. The molecule has 6 nitrogen and oxygen atoms in total. The average Bonchev–Trinajstić information content (AvgIpc) is 3.49. The third-order valence-corrected chi connectivity index (χ3v) is 7.62. The molecular weight excluding hydrogens is 455 g/mol. The Bertz CT molecular complexity index is 1310. The van der Waals surface area contributed by atoms with Gasteiger partial charge in [0.25, 0.3) is 0 Å². The van der Waals surface area contributed by atoms with Gasteiger partial charge in [-0.3, -0.25) is 0 Å². The predicted octanol–water partition coefficient (Wildman–Crippen LogP) is 5.69. The third kappa shape index (κ3) is 4.28. The van der Waals surface area contributed by atoms with E-state index in [0.717, 1.165) is 65.2 Å². The van der Waals surface area contributed by atoms with Crippen molar-refractivity contribution in [2.45, 2.75) is 19.8 Å². The fourth-order valence-corrected chi connectivity index (χ4v) is 5.32. The summed E-state index contributed by atoms with van der Waals surface area (Å²) in [6, 6.07) is 10.5. The van der Waals surface area contributed by atoms with Gasteiger partial charge in [0.05, 0.1) is 17.1 Å². The SMILES string of the molecule is CCc1nc2ccc(C3=CCN(SC)CC3)nn2c1N(C)c1nc(-c2ccc(F)cc2)cs1. The Kier molecular flexibility index (Phi) is 6.18. The minimum Gasteiger partial charge on any atom is -0.304 e. The fourth-order valence-electron chi connectivity index (χ4n) is 4.02. The normalized spacial score (nSPS) is 14.6. The van der Waals surface area contributed by atoms with Gasteiger partial charge in [0.1, 0.15) is 5.82 Å². The van der Waals surface area contributed by atoms with Gasteiger partial charge in [0.15, 0.2) is 16.6 Å². The second-order valence-electron chi connectivity index (χ2n) is 7.86. The molecule has 5 rings (SSSR count). The molecule has 0 atom stereocenters. The highest BCUT2D eigenvalue weighted by Crippen LogP contribution is 2.34. The fraction of sp³-hybridized carbons (Fsp3) is 0.292. The van der Waals surface area contributed by atoms with Crippen molar-refractivity contribution in [2.75, 3.05) is 31.3 Å². The van der Waals surface area contributed by atoms with Crippen LogP contribution in [0.2, 0.25) is 0 Å². The van der Waals surface area contributed by atoms with Crippen LogP contribution in [-0.2, 0) is 6.42 Å². The number of anilines is 2. The van der Waals surface area contributed by atoms with Crippen molar-refractivity contribution in [3.05, 3.63) is 65.1 Å². The Morgan fingerprint density at radius 1 is 1.12 bits per heavy atom. The summed E-state index contributed by atoms with van der Waals surface area (Å²) in [6.07, 6.45) is 6.15. The number of halogens is 1. The van der Waals surface area contributed by atoms with Crippen molar-refractivity contribution in [1.29, 1.82) is 0 Å². The molecule has 1 aromatic carbocycles. The molecule has 4 aromatic rings. The smallest absolute Gasteiger partial charge is 0.191 e. The van der Waals surface area contributed by atoms with Gasteiger partial charge in [0.2, 0.25) is 0 Å². The van der Waals surface area contributed by atoms with E-state index in [-0.39, 0.29) is 5.82 Å². The van der Waals surface area contributed by atoms with E-state index in [4.69, 9.17) is 15.1 Å². The van der Waals surface area contributed by atoms with E-state index < -0.39 is 0 Å². The summed E-state index contributed by atoms with van der Waals surface area (Å²) in [5.41, 5.74) is 5.79. The highest BCUT2D eigenvalue weighted by molar-refractivity contribution is 7.96. The van der Waals surface area contributed by atoms with Crippen LogP contribution in [0.1, 0.15) is 24.7 Å². The molecule has 0 unspecified atom stereocenters. The maximum Gasteiger partial charge on any atom is 0.191 e. The van der Waals surface area contributed by atoms with Crippen LogP contribution in [0.25, 0.3) is 22.5 Å². The van der Waals surface area contributed by atoms with Gasteiger partial charge in [-0.1, -0.05) is 24.9 Å². The lowest BCUT2D eigenvalue weighted by Crippen LogP contribution is -2.21. The number of fused-ring (bicyclic) bond motifs is 1. The van der Waals surface area contributed by atoms with Crippen LogP contribution in [0.4, 0.5) is 15.3 Å². The monoisotopic (exact) mass is 480 g/mol. The molecule has 0 N–H and O–H groups in total. The van der Waals surface area contributed by atoms with E-state index >= 15 is 0 Å². The van der Waals surface area contributed by atoms with E-state index in [0.29, 0.717) is 0 Å². The third-order valence-electron chi connectivity index (χ3n) is 5.85. The van der Waals surface area contributed by atoms with Gasteiger partial charge in [0, 0.05) is 31.1 Å². The Morgan fingerprint density at radius 2 is 1.94 bits per heavy atom. The molecule has 0 saturated heterocycles. The molecule has 33 heavy (non-hydrogen) atoms. The second-order valence-corrected chi connectivity index (χ2v) is 9.57. The zero-order valence-electron chi connectivity index (χ0n) is 18.8. The number of hydrogen-bond acceptors (Lipinski definition) is 7. The Labute approximate surface area is 200 Å². The largest absolute Gasteiger partial charge is 0.304 e. The summed E-state index contributed by atoms with van der Waals surface area (Å²) in [4.78, 5) is 11.7. The van der Waals surface area contributed by atoms with Gasteiger partial charge >= 0.3 is 0 Å². The van der Waals surface area contributed by atoms with E-state index in [1.165, 1.54) is 17.7 Å². The first-order valence-electron chi connectivity index (χ1n) is 10.9. The van der Waals surface area contributed by atoms with Crippen molar-refractivity contribution >= 4 is 45.5 Å². The molecule has 3 aromatic heterocycles. The molecule has 4 heterocycles. The van der Waals surface area contributed by atoms with Crippen LogP contribution in [0.3, 0.4) is 0 Å². The summed E-state index contributed by atoms with van der Waals surface area (Å²) in [5.74, 6) is 0.678. The minimum absolute atomic E-state index is 0.249. The summed E-state index contributed by atoms with van der Waals surface area (Å²) in [5, 5.41) is 7.83. The number of nitrogens with zero attached hydrogens (tertiary/aromatic N) is 6. The van der Waals surface area contributed by atoms with Crippen LogP contribution in [-0.4, -0.2) is 50.3 Å². The first-order chi connectivity index (χ1) is 16.1. The number of imidazole rings is 1. The van der Waals surface area contributed by atoms with Gasteiger partial charge in [-0.05, 0) is 61.1 Å². The first kappa shape index (κ1) is 22.1. The standard InChI is InChI=1S/C24H25FN6S2/c1-4-19-23(29(2)24-27-21(15-33-24)16-5-7-18(25)8-6-16)31-22(26-19)10-9-20(28-31)17-11-13-30(32-3)14-12-17/h5-11,15H,4,12-14H2,1-3H3. The second kappa shape index (κ2) is 9.24. The summed E-state index contributed by atoms with van der Waals surface area (Å²) >= 11 is 3.33. The van der Waals surface area contributed by atoms with Crippen LogP contribution in [0.5, 0.6) is 0 Å². The molecule has 0 amide bonds. The van der Waals surface area contributed by atoms with Crippen LogP contribution in [0.15, 0.2) is 47.9 Å². The average molecular weight is 481 g/mol. The Morgan fingerprint density at radius 3 is 2.64 bits per heavy atom. The maximum atomic E-state index is 13.3. The lowest BCUT2D eigenvalue weighted by Gasteiger charge is -2.23. The van der Waals surface area contributed by atoms with Crippen molar-refractivity contribution in [2.24, 2.45) is 0 Å². The summed E-state index contributed by atoms with van der Waals surface area (Å²) < 4.78 is 17.6. The summed E-state index contributed by atoms with van der Waals surface area (Å²) in [7, 11) is 2.00. The molecule has 9 heteroatoms. The number of aromatic nitrogens is 4. The van der Waals surface area contributed by atoms with E-state index in [9.17, 15) is 4.39 Å². The van der Waals surface area contributed by atoms with E-state index in [1.54, 1.807) is 35.4 Å². The zero-order valence-corrected chi connectivity index (χ0v) is 20.5. The van der Waals surface area contributed by atoms with Crippen molar-refractivity contribution in [1.82, 2.24) is 23.9 Å². The molecule has 170 valence electrons. The quantitative estimate of drug-likeness (QED) is 0.331. The molecule has 1 aliphatic rings.